The van der Waals surface area contributed by atoms with E-state index in [2.05, 4.69) is 21.2 Å². The minimum Gasteiger partial charge on any atom is -0.493 e. The summed E-state index contributed by atoms with van der Waals surface area (Å²) in [6.45, 7) is 2.12. The van der Waals surface area contributed by atoms with Crippen molar-refractivity contribution >= 4 is 21.8 Å². The van der Waals surface area contributed by atoms with Crippen molar-refractivity contribution in [1.29, 1.82) is 0 Å². The van der Waals surface area contributed by atoms with E-state index in [1.807, 2.05) is 30.3 Å². The molecule has 0 heterocycles. The van der Waals surface area contributed by atoms with E-state index in [0.29, 0.717) is 32.8 Å². The van der Waals surface area contributed by atoms with Crippen molar-refractivity contribution in [2.75, 3.05) is 31.7 Å². The summed E-state index contributed by atoms with van der Waals surface area (Å²) in [5, 5.41) is 3.58. The third-order valence-electron chi connectivity index (χ3n) is 2.13. The van der Waals surface area contributed by atoms with Gasteiger partial charge in [-0.1, -0.05) is 34.1 Å². The molecule has 0 radical (unpaired) electrons. The first kappa shape index (κ1) is 15.0. The predicted octanol–water partition coefficient (Wildman–Crippen LogP) is 1.98. The highest BCUT2D eigenvalue weighted by Crippen LogP contribution is 2.08. The lowest BCUT2D eigenvalue weighted by atomic mass is 10.3. The van der Waals surface area contributed by atoms with Crippen LogP contribution < -0.4 is 10.1 Å². The minimum absolute atomic E-state index is 0.0200. The van der Waals surface area contributed by atoms with Crippen LogP contribution in [0.2, 0.25) is 0 Å². The fraction of sp³-hybridized carbons (Fsp3) is 0.462. The fourth-order valence-corrected chi connectivity index (χ4v) is 1.51. The van der Waals surface area contributed by atoms with Gasteiger partial charge in [-0.3, -0.25) is 4.79 Å². The molecule has 0 saturated heterocycles. The van der Waals surface area contributed by atoms with Gasteiger partial charge in [0.1, 0.15) is 5.75 Å². The Labute approximate surface area is 116 Å². The largest absolute Gasteiger partial charge is 0.493 e. The van der Waals surface area contributed by atoms with Crippen LogP contribution in [0.15, 0.2) is 30.3 Å². The van der Waals surface area contributed by atoms with E-state index in [4.69, 9.17) is 9.47 Å². The van der Waals surface area contributed by atoms with Crippen LogP contribution in [0.3, 0.4) is 0 Å². The Balaban J connectivity index is 2.00. The number of carbonyl (C=O) groups excluding carboxylic acids is 1. The highest BCUT2D eigenvalue weighted by molar-refractivity contribution is 9.09. The van der Waals surface area contributed by atoms with Gasteiger partial charge in [0.2, 0.25) is 5.91 Å². The van der Waals surface area contributed by atoms with Crippen LogP contribution in [0.5, 0.6) is 5.75 Å². The van der Waals surface area contributed by atoms with E-state index in [1.165, 1.54) is 0 Å². The van der Waals surface area contributed by atoms with E-state index in [9.17, 15) is 4.79 Å². The Morgan fingerprint density at radius 2 is 1.94 bits per heavy atom. The molecule has 100 valence electrons. The van der Waals surface area contributed by atoms with Crippen molar-refractivity contribution in [3.63, 3.8) is 0 Å². The Hall–Kier alpha value is -1.07. The molecule has 0 fully saturated rings. The maximum atomic E-state index is 11.4. The second-order valence-electron chi connectivity index (χ2n) is 3.56. The van der Waals surface area contributed by atoms with Crippen molar-refractivity contribution in [2.45, 2.75) is 6.42 Å². The molecule has 0 saturated carbocycles. The number of hydrogen-bond donors (Lipinski definition) is 1. The Morgan fingerprint density at radius 1 is 1.17 bits per heavy atom. The molecule has 18 heavy (non-hydrogen) atoms. The molecule has 0 bridgehead atoms. The molecule has 1 rings (SSSR count). The summed E-state index contributed by atoms with van der Waals surface area (Å²) in [6.07, 6.45) is 0.355. The standard InChI is InChI=1S/C13H18BrNO3/c14-7-10-17-11-8-15-13(16)6-9-18-12-4-2-1-3-5-12/h1-5H,6-11H2,(H,15,16). The van der Waals surface area contributed by atoms with Crippen LogP contribution in [0.4, 0.5) is 0 Å². The third-order valence-corrected chi connectivity index (χ3v) is 2.45. The van der Waals surface area contributed by atoms with Crippen LogP contribution in [-0.4, -0.2) is 37.6 Å². The van der Waals surface area contributed by atoms with Gasteiger partial charge in [0, 0.05) is 11.9 Å². The zero-order valence-electron chi connectivity index (χ0n) is 10.2. The molecule has 0 aliphatic rings. The second kappa shape index (κ2) is 9.91. The van der Waals surface area contributed by atoms with Gasteiger partial charge < -0.3 is 14.8 Å². The van der Waals surface area contributed by atoms with E-state index >= 15 is 0 Å². The number of benzene rings is 1. The zero-order valence-corrected chi connectivity index (χ0v) is 11.8. The average molecular weight is 316 g/mol. The Morgan fingerprint density at radius 3 is 2.67 bits per heavy atom. The first-order chi connectivity index (χ1) is 8.83. The first-order valence-corrected chi connectivity index (χ1v) is 7.03. The van der Waals surface area contributed by atoms with E-state index in [1.54, 1.807) is 0 Å². The molecule has 1 N–H and O–H groups in total. The summed E-state index contributed by atoms with van der Waals surface area (Å²) in [5.74, 6) is 0.763. The highest BCUT2D eigenvalue weighted by atomic mass is 79.9. The van der Waals surface area contributed by atoms with Crippen molar-refractivity contribution in [2.24, 2.45) is 0 Å². The molecule has 1 aromatic carbocycles. The maximum absolute atomic E-state index is 11.4. The van der Waals surface area contributed by atoms with Gasteiger partial charge in [-0.05, 0) is 12.1 Å². The number of carbonyl (C=O) groups is 1. The molecule has 5 heteroatoms. The Kier molecular flexibility index (Phi) is 8.25. The molecule has 0 atom stereocenters. The van der Waals surface area contributed by atoms with Crippen LogP contribution >= 0.6 is 15.9 Å². The van der Waals surface area contributed by atoms with Crippen LogP contribution in [-0.2, 0) is 9.53 Å². The van der Waals surface area contributed by atoms with Gasteiger partial charge in [0.05, 0.1) is 26.2 Å². The van der Waals surface area contributed by atoms with Gasteiger partial charge in [0.25, 0.3) is 0 Å². The number of para-hydroxylation sites is 1. The summed E-state index contributed by atoms with van der Waals surface area (Å²) < 4.78 is 10.6. The van der Waals surface area contributed by atoms with E-state index < -0.39 is 0 Å². The molecule has 0 aliphatic heterocycles. The second-order valence-corrected chi connectivity index (χ2v) is 4.36. The normalized spacial score (nSPS) is 10.1. The van der Waals surface area contributed by atoms with Crippen LogP contribution in [0.1, 0.15) is 6.42 Å². The minimum atomic E-state index is -0.0200. The lowest BCUT2D eigenvalue weighted by molar-refractivity contribution is -0.121. The van der Waals surface area contributed by atoms with Gasteiger partial charge in [-0.2, -0.15) is 0 Å². The average Bonchev–Trinajstić information content (AvgIpc) is 2.40. The van der Waals surface area contributed by atoms with Crippen molar-refractivity contribution in [3.8, 4) is 5.75 Å². The lowest BCUT2D eigenvalue weighted by Gasteiger charge is -2.07. The topological polar surface area (TPSA) is 47.6 Å². The highest BCUT2D eigenvalue weighted by Gasteiger charge is 2.01. The number of amides is 1. The van der Waals surface area contributed by atoms with Gasteiger partial charge in [-0.25, -0.2) is 0 Å². The molecule has 1 amide bonds. The van der Waals surface area contributed by atoms with Crippen molar-refractivity contribution < 1.29 is 14.3 Å². The van der Waals surface area contributed by atoms with Crippen LogP contribution in [0.25, 0.3) is 0 Å². The molecular formula is C13H18BrNO3. The summed E-state index contributed by atoms with van der Waals surface area (Å²) in [6, 6.07) is 9.46. The van der Waals surface area contributed by atoms with Crippen LogP contribution in [0, 0.1) is 0 Å². The van der Waals surface area contributed by atoms with E-state index in [0.717, 1.165) is 11.1 Å². The number of alkyl halides is 1. The molecule has 4 nitrogen and oxygen atoms in total. The number of rotatable bonds is 9. The first-order valence-electron chi connectivity index (χ1n) is 5.91. The van der Waals surface area contributed by atoms with E-state index in [-0.39, 0.29) is 5.91 Å². The molecule has 0 unspecified atom stereocenters. The van der Waals surface area contributed by atoms with Gasteiger partial charge >= 0.3 is 0 Å². The zero-order chi connectivity index (χ0) is 13.1. The fourth-order valence-electron chi connectivity index (χ4n) is 1.29. The molecular weight excluding hydrogens is 298 g/mol. The Bertz CT molecular complexity index is 332. The molecule has 0 aliphatic carbocycles. The quantitative estimate of drug-likeness (QED) is 0.560. The van der Waals surface area contributed by atoms with Gasteiger partial charge in [-0.15, -0.1) is 0 Å². The number of halogens is 1. The smallest absolute Gasteiger partial charge is 0.223 e. The SMILES string of the molecule is O=C(CCOc1ccccc1)NCCOCCBr. The maximum Gasteiger partial charge on any atom is 0.223 e. The predicted molar refractivity (Wildman–Crippen MR) is 74.2 cm³/mol. The molecule has 1 aromatic rings. The molecule has 0 spiro atoms. The summed E-state index contributed by atoms with van der Waals surface area (Å²) in [5.41, 5.74) is 0. The number of nitrogens with one attached hydrogen (secondary N) is 1. The number of ether oxygens (including phenoxy) is 2. The summed E-state index contributed by atoms with van der Waals surface area (Å²) in [4.78, 5) is 11.4. The van der Waals surface area contributed by atoms with Crippen molar-refractivity contribution in [1.82, 2.24) is 5.32 Å². The van der Waals surface area contributed by atoms with Crippen molar-refractivity contribution in [3.05, 3.63) is 30.3 Å². The van der Waals surface area contributed by atoms with Gasteiger partial charge in [0.15, 0.2) is 0 Å². The lowest BCUT2D eigenvalue weighted by Crippen LogP contribution is -2.28. The summed E-state index contributed by atoms with van der Waals surface area (Å²) >= 11 is 3.26. The number of hydrogen-bond acceptors (Lipinski definition) is 3. The molecule has 0 aromatic heterocycles. The summed E-state index contributed by atoms with van der Waals surface area (Å²) in [7, 11) is 0. The third kappa shape index (κ3) is 7.29. The monoisotopic (exact) mass is 315 g/mol.